The quantitative estimate of drug-likeness (QED) is 0.678. The molecule has 1 aliphatic heterocycles. The zero-order valence-corrected chi connectivity index (χ0v) is 19.4. The van der Waals surface area contributed by atoms with Gasteiger partial charge in [-0.3, -0.25) is 9.36 Å². The first kappa shape index (κ1) is 23.5. The van der Waals surface area contributed by atoms with Crippen molar-refractivity contribution in [3.63, 3.8) is 0 Å². The first-order chi connectivity index (χ1) is 16.2. The Morgan fingerprint density at radius 3 is 2.18 bits per heavy atom. The monoisotopic (exact) mass is 482 g/mol. The van der Waals surface area contributed by atoms with Gasteiger partial charge in [0.05, 0.1) is 18.2 Å². The van der Waals surface area contributed by atoms with Crippen LogP contribution in [0.4, 0.5) is 23.9 Å². The maximum absolute atomic E-state index is 13.5. The second-order valence-corrected chi connectivity index (χ2v) is 10.5. The van der Waals surface area contributed by atoms with E-state index in [2.05, 4.69) is 4.98 Å². The van der Waals surface area contributed by atoms with Crippen LogP contribution in [0.5, 0.6) is 0 Å². The Hall–Kier alpha value is -2.26. The third-order valence-electron chi connectivity index (χ3n) is 8.52. The summed E-state index contributed by atoms with van der Waals surface area (Å²) in [6.07, 6.45) is 2.34. The van der Waals surface area contributed by atoms with Gasteiger partial charge in [-0.1, -0.05) is 12.8 Å². The molecule has 1 aromatic rings. The number of hydrogen-bond acceptors (Lipinski definition) is 5. The van der Waals surface area contributed by atoms with Gasteiger partial charge in [0.15, 0.2) is 0 Å². The number of carbonyl (C=O) groups excluding carboxylic acids is 1. The molecule has 1 aromatic heterocycles. The van der Waals surface area contributed by atoms with E-state index in [4.69, 9.17) is 10.5 Å². The van der Waals surface area contributed by atoms with Crippen LogP contribution in [0.3, 0.4) is 0 Å². The molecule has 0 saturated heterocycles. The molecule has 0 radical (unpaired) electrons. The summed E-state index contributed by atoms with van der Waals surface area (Å²) in [4.78, 5) is 32.2. The number of aromatic nitrogens is 2. The van der Waals surface area contributed by atoms with E-state index < -0.39 is 24.3 Å². The summed E-state index contributed by atoms with van der Waals surface area (Å²) in [5.74, 6) is -0.143. The molecule has 2 N–H and O–H groups in total. The molecule has 7 nitrogen and oxygen atoms in total. The minimum absolute atomic E-state index is 0.0228. The predicted octanol–water partition coefficient (Wildman–Crippen LogP) is 4.58. The van der Waals surface area contributed by atoms with Gasteiger partial charge in [-0.2, -0.15) is 13.2 Å². The lowest BCUT2D eigenvalue weighted by molar-refractivity contribution is -0.186. The zero-order valence-electron chi connectivity index (χ0n) is 19.4. The standard InChI is InChI=1S/C24H33F3N4O3/c25-24(26,27)16-7-9-17(10-8-16)34-23(33)30-12-11-18-19(13-30)29-22(28)31(21(18)32)20(14-3-1-4-14)15-5-2-6-15/h14-17,20H,1-13H2,(H2,28,29)/t16-,17-. The van der Waals surface area contributed by atoms with E-state index in [0.717, 1.165) is 25.7 Å². The van der Waals surface area contributed by atoms with Gasteiger partial charge < -0.3 is 15.4 Å². The van der Waals surface area contributed by atoms with Crippen LogP contribution in [0.15, 0.2) is 4.79 Å². The van der Waals surface area contributed by atoms with Crippen molar-refractivity contribution in [2.24, 2.45) is 17.8 Å². The number of nitrogen functional groups attached to an aromatic ring is 1. The fourth-order valence-electron chi connectivity index (χ4n) is 6.06. The lowest BCUT2D eigenvalue weighted by atomic mass is 9.68. The van der Waals surface area contributed by atoms with Gasteiger partial charge in [0, 0.05) is 18.2 Å². The van der Waals surface area contributed by atoms with Crippen LogP contribution >= 0.6 is 0 Å². The molecule has 3 aliphatic carbocycles. The lowest BCUT2D eigenvalue weighted by Crippen LogP contribution is -2.45. The molecule has 0 spiro atoms. The number of nitrogens with two attached hydrogens (primary N) is 1. The molecule has 0 unspecified atom stereocenters. The maximum atomic E-state index is 13.5. The summed E-state index contributed by atoms with van der Waals surface area (Å²) in [5.41, 5.74) is 7.37. The van der Waals surface area contributed by atoms with Crippen LogP contribution in [0, 0.1) is 17.8 Å². The third-order valence-corrected chi connectivity index (χ3v) is 8.52. The van der Waals surface area contributed by atoms with Crippen molar-refractivity contribution in [2.75, 3.05) is 12.3 Å². The zero-order chi connectivity index (χ0) is 24.0. The average molecular weight is 483 g/mol. The molecule has 34 heavy (non-hydrogen) atoms. The first-order valence-electron chi connectivity index (χ1n) is 12.6. The normalized spacial score (nSPS) is 26.1. The second-order valence-electron chi connectivity index (χ2n) is 10.5. The smallest absolute Gasteiger partial charge is 0.410 e. The van der Waals surface area contributed by atoms with Gasteiger partial charge in [-0.15, -0.1) is 0 Å². The Labute approximate surface area is 196 Å². The number of anilines is 1. The van der Waals surface area contributed by atoms with Gasteiger partial charge >= 0.3 is 12.3 Å². The van der Waals surface area contributed by atoms with E-state index in [1.807, 2.05) is 0 Å². The highest BCUT2D eigenvalue weighted by Crippen LogP contribution is 2.47. The molecular weight excluding hydrogens is 449 g/mol. The van der Waals surface area contributed by atoms with Crippen LogP contribution in [0.1, 0.15) is 81.5 Å². The Morgan fingerprint density at radius 2 is 1.65 bits per heavy atom. The van der Waals surface area contributed by atoms with Gasteiger partial charge in [0.25, 0.3) is 5.56 Å². The predicted molar refractivity (Wildman–Crippen MR) is 119 cm³/mol. The van der Waals surface area contributed by atoms with Crippen molar-refractivity contribution >= 4 is 12.0 Å². The van der Waals surface area contributed by atoms with E-state index in [0.29, 0.717) is 36.1 Å². The molecule has 3 fully saturated rings. The van der Waals surface area contributed by atoms with E-state index >= 15 is 0 Å². The molecule has 1 amide bonds. The highest BCUT2D eigenvalue weighted by Gasteiger charge is 2.43. The molecule has 10 heteroatoms. The minimum atomic E-state index is -4.19. The average Bonchev–Trinajstić information content (AvgIpc) is 2.70. The molecule has 0 bridgehead atoms. The first-order valence-corrected chi connectivity index (χ1v) is 12.6. The van der Waals surface area contributed by atoms with Crippen molar-refractivity contribution in [2.45, 2.75) is 95.5 Å². The summed E-state index contributed by atoms with van der Waals surface area (Å²) in [6.45, 7) is 0.450. The van der Waals surface area contributed by atoms with Crippen LogP contribution in [0.25, 0.3) is 0 Å². The van der Waals surface area contributed by atoms with Gasteiger partial charge in [-0.25, -0.2) is 9.78 Å². The number of ether oxygens (including phenoxy) is 1. The molecule has 2 heterocycles. The summed E-state index contributed by atoms with van der Waals surface area (Å²) in [5, 5.41) is 0. The van der Waals surface area contributed by atoms with Crippen molar-refractivity contribution in [3.8, 4) is 0 Å². The number of amides is 1. The van der Waals surface area contributed by atoms with Crippen molar-refractivity contribution in [1.29, 1.82) is 0 Å². The van der Waals surface area contributed by atoms with Crippen LogP contribution in [-0.4, -0.2) is 39.4 Å². The number of halogens is 3. The van der Waals surface area contributed by atoms with Gasteiger partial charge in [0.2, 0.25) is 5.95 Å². The number of fused-ring (bicyclic) bond motifs is 1. The maximum Gasteiger partial charge on any atom is 0.410 e. The molecule has 4 aliphatic rings. The summed E-state index contributed by atoms with van der Waals surface area (Å²) in [6, 6.07) is 0.114. The fraction of sp³-hybridized carbons (Fsp3) is 0.792. The van der Waals surface area contributed by atoms with Crippen LogP contribution < -0.4 is 11.3 Å². The molecule has 5 rings (SSSR count). The number of carbonyl (C=O) groups is 1. The molecule has 188 valence electrons. The number of nitrogens with zero attached hydrogens (tertiary/aromatic N) is 3. The molecule has 0 aromatic carbocycles. The van der Waals surface area contributed by atoms with Crippen LogP contribution in [0.2, 0.25) is 0 Å². The van der Waals surface area contributed by atoms with Crippen molar-refractivity contribution in [3.05, 3.63) is 21.6 Å². The highest BCUT2D eigenvalue weighted by atomic mass is 19.4. The summed E-state index contributed by atoms with van der Waals surface area (Å²) in [7, 11) is 0. The Morgan fingerprint density at radius 1 is 1.03 bits per heavy atom. The van der Waals surface area contributed by atoms with Crippen molar-refractivity contribution < 1.29 is 22.7 Å². The fourth-order valence-corrected chi connectivity index (χ4v) is 6.06. The topological polar surface area (TPSA) is 90.5 Å². The number of rotatable bonds is 4. The Balaban J connectivity index is 1.26. The molecule has 3 saturated carbocycles. The van der Waals surface area contributed by atoms with E-state index in [1.165, 1.54) is 17.7 Å². The number of alkyl halides is 3. The van der Waals surface area contributed by atoms with Gasteiger partial charge in [-0.05, 0) is 69.6 Å². The summed E-state index contributed by atoms with van der Waals surface area (Å²) < 4.78 is 45.9. The molecule has 0 atom stereocenters. The van der Waals surface area contributed by atoms with Gasteiger partial charge in [0.1, 0.15) is 6.10 Å². The van der Waals surface area contributed by atoms with Crippen LogP contribution in [-0.2, 0) is 17.7 Å². The third kappa shape index (κ3) is 4.40. The molecular formula is C24H33F3N4O3. The SMILES string of the molecule is Nc1nc2c(c(=O)n1C(C1CCC1)C1CCC1)CCN(C(=O)O[C@H]1CC[C@H](C(F)(F)F)CC1)C2. The Bertz CT molecular complexity index is 965. The lowest BCUT2D eigenvalue weighted by Gasteiger charge is -2.44. The second kappa shape index (κ2) is 9.07. The van der Waals surface area contributed by atoms with E-state index in [1.54, 1.807) is 4.57 Å². The Kier molecular flexibility index (Phi) is 6.27. The number of hydrogen-bond donors (Lipinski definition) is 1. The highest BCUT2D eigenvalue weighted by molar-refractivity contribution is 5.68. The largest absolute Gasteiger partial charge is 0.446 e. The van der Waals surface area contributed by atoms with E-state index in [-0.39, 0.29) is 49.8 Å². The summed E-state index contributed by atoms with van der Waals surface area (Å²) >= 11 is 0. The minimum Gasteiger partial charge on any atom is -0.446 e. The van der Waals surface area contributed by atoms with E-state index in [9.17, 15) is 22.8 Å². The van der Waals surface area contributed by atoms with Crippen molar-refractivity contribution in [1.82, 2.24) is 14.5 Å².